The minimum atomic E-state index is -0.619. The molecule has 1 aromatic carbocycles. The highest BCUT2D eigenvalue weighted by Gasteiger charge is 2.09. The van der Waals surface area contributed by atoms with E-state index < -0.39 is 11.8 Å². The number of hydrogen-bond acceptors (Lipinski definition) is 3. The summed E-state index contributed by atoms with van der Waals surface area (Å²) in [7, 11) is 0. The molecule has 0 radical (unpaired) electrons. The molecular weight excluding hydrogens is 201 g/mol. The summed E-state index contributed by atoms with van der Waals surface area (Å²) in [4.78, 5) is 21.4. The Morgan fingerprint density at radius 3 is 2.87 bits per heavy atom. The lowest BCUT2D eigenvalue weighted by Crippen LogP contribution is -2.06. The second-order valence-corrected chi connectivity index (χ2v) is 2.71. The number of nitrogens with one attached hydrogen (secondary N) is 1. The minimum absolute atomic E-state index is 0.0706. The summed E-state index contributed by atoms with van der Waals surface area (Å²) in [5.41, 5.74) is 0.286. The highest BCUT2D eigenvalue weighted by atomic mass is 19.1. The number of halogens is 1. The maximum Gasteiger partial charge on any atom is 0.338 e. The van der Waals surface area contributed by atoms with Crippen LogP contribution < -0.4 is 5.32 Å². The number of amides is 1. The normalized spacial score (nSPS) is 9.47. The van der Waals surface area contributed by atoms with Gasteiger partial charge >= 0.3 is 5.97 Å². The SMILES string of the molecule is CCOC(=O)c1cc(F)cc(NC=O)c1. The Bertz CT molecular complexity index is 379. The Morgan fingerprint density at radius 1 is 1.53 bits per heavy atom. The first-order valence-corrected chi connectivity index (χ1v) is 4.35. The van der Waals surface area contributed by atoms with E-state index in [2.05, 4.69) is 5.32 Å². The number of esters is 1. The lowest BCUT2D eigenvalue weighted by atomic mass is 10.2. The van der Waals surface area contributed by atoms with Crippen LogP contribution >= 0.6 is 0 Å². The van der Waals surface area contributed by atoms with Gasteiger partial charge in [-0.05, 0) is 25.1 Å². The van der Waals surface area contributed by atoms with Crippen LogP contribution in [0.3, 0.4) is 0 Å². The van der Waals surface area contributed by atoms with E-state index in [9.17, 15) is 14.0 Å². The summed E-state index contributed by atoms with van der Waals surface area (Å²) in [5, 5.41) is 2.26. The molecule has 0 aromatic heterocycles. The molecule has 80 valence electrons. The second kappa shape index (κ2) is 5.09. The number of carbonyl (C=O) groups is 2. The molecule has 1 rings (SSSR count). The highest BCUT2D eigenvalue weighted by molar-refractivity contribution is 5.91. The van der Waals surface area contributed by atoms with Crippen molar-refractivity contribution in [2.75, 3.05) is 11.9 Å². The lowest BCUT2D eigenvalue weighted by Gasteiger charge is -2.04. The third kappa shape index (κ3) is 3.05. The summed E-state index contributed by atoms with van der Waals surface area (Å²) >= 11 is 0. The fraction of sp³-hybridized carbons (Fsp3) is 0.200. The van der Waals surface area contributed by atoms with E-state index in [4.69, 9.17) is 4.74 Å². The van der Waals surface area contributed by atoms with Crippen molar-refractivity contribution in [3.8, 4) is 0 Å². The Morgan fingerprint density at radius 2 is 2.27 bits per heavy atom. The number of rotatable bonds is 4. The molecule has 0 aliphatic heterocycles. The van der Waals surface area contributed by atoms with Crippen molar-refractivity contribution in [3.05, 3.63) is 29.6 Å². The average molecular weight is 211 g/mol. The largest absolute Gasteiger partial charge is 0.462 e. The molecule has 15 heavy (non-hydrogen) atoms. The van der Waals surface area contributed by atoms with Crippen LogP contribution in [-0.4, -0.2) is 19.0 Å². The van der Waals surface area contributed by atoms with Crippen molar-refractivity contribution in [2.24, 2.45) is 0 Å². The summed E-state index contributed by atoms with van der Waals surface area (Å²) < 4.78 is 17.7. The Kier molecular flexibility index (Phi) is 3.79. The van der Waals surface area contributed by atoms with Crippen molar-refractivity contribution < 1.29 is 18.7 Å². The van der Waals surface area contributed by atoms with Gasteiger partial charge in [0.1, 0.15) is 5.82 Å². The van der Waals surface area contributed by atoms with Gasteiger partial charge in [-0.3, -0.25) is 4.79 Å². The van der Waals surface area contributed by atoms with E-state index in [1.807, 2.05) is 0 Å². The molecule has 4 nitrogen and oxygen atoms in total. The van der Waals surface area contributed by atoms with Gasteiger partial charge < -0.3 is 10.1 Å². The van der Waals surface area contributed by atoms with E-state index in [1.165, 1.54) is 6.07 Å². The highest BCUT2D eigenvalue weighted by Crippen LogP contribution is 2.14. The maximum atomic E-state index is 13.0. The average Bonchev–Trinajstić information content (AvgIpc) is 2.17. The van der Waals surface area contributed by atoms with E-state index in [0.29, 0.717) is 6.41 Å². The van der Waals surface area contributed by atoms with Crippen molar-refractivity contribution in [3.63, 3.8) is 0 Å². The van der Waals surface area contributed by atoms with Crippen molar-refractivity contribution in [1.29, 1.82) is 0 Å². The third-order valence-corrected chi connectivity index (χ3v) is 1.63. The van der Waals surface area contributed by atoms with Gasteiger partial charge in [-0.2, -0.15) is 0 Å². The predicted octanol–water partition coefficient (Wildman–Crippen LogP) is 1.57. The van der Waals surface area contributed by atoms with E-state index >= 15 is 0 Å². The van der Waals surface area contributed by atoms with Gasteiger partial charge in [0.05, 0.1) is 12.2 Å². The monoisotopic (exact) mass is 211 g/mol. The number of ether oxygens (including phenoxy) is 1. The molecule has 1 aromatic rings. The molecule has 0 atom stereocenters. The molecule has 0 saturated carbocycles. The van der Waals surface area contributed by atoms with E-state index in [1.54, 1.807) is 6.92 Å². The summed E-state index contributed by atoms with van der Waals surface area (Å²) in [6.45, 7) is 1.87. The van der Waals surface area contributed by atoms with Gasteiger partial charge in [0.15, 0.2) is 0 Å². The molecule has 0 unspecified atom stereocenters. The van der Waals surface area contributed by atoms with Gasteiger partial charge in [-0.25, -0.2) is 9.18 Å². The molecule has 5 heteroatoms. The van der Waals surface area contributed by atoms with Gasteiger partial charge in [0.25, 0.3) is 0 Å². The molecule has 0 saturated heterocycles. The van der Waals surface area contributed by atoms with Crippen LogP contribution in [0.15, 0.2) is 18.2 Å². The number of anilines is 1. The van der Waals surface area contributed by atoms with Crippen molar-refractivity contribution in [1.82, 2.24) is 0 Å². The van der Waals surface area contributed by atoms with Crippen LogP contribution in [0, 0.1) is 5.82 Å². The quantitative estimate of drug-likeness (QED) is 0.607. The van der Waals surface area contributed by atoms with Crippen LogP contribution in [0.2, 0.25) is 0 Å². The molecular formula is C10H10FNO3. The first-order chi connectivity index (χ1) is 7.17. The predicted molar refractivity (Wildman–Crippen MR) is 52.0 cm³/mol. The van der Waals surface area contributed by atoms with Crippen LogP contribution in [0.25, 0.3) is 0 Å². The van der Waals surface area contributed by atoms with E-state index in [0.717, 1.165) is 12.1 Å². The zero-order valence-corrected chi connectivity index (χ0v) is 8.12. The second-order valence-electron chi connectivity index (χ2n) is 2.71. The number of carbonyl (C=O) groups excluding carboxylic acids is 2. The summed E-state index contributed by atoms with van der Waals surface area (Å²) in [6.07, 6.45) is 0.406. The van der Waals surface area contributed by atoms with Gasteiger partial charge in [0, 0.05) is 5.69 Å². The van der Waals surface area contributed by atoms with Crippen LogP contribution in [0.1, 0.15) is 17.3 Å². The first kappa shape index (κ1) is 11.2. The fourth-order valence-corrected chi connectivity index (χ4v) is 1.07. The van der Waals surface area contributed by atoms with Crippen LogP contribution in [-0.2, 0) is 9.53 Å². The summed E-state index contributed by atoms with van der Waals surface area (Å²) in [6, 6.07) is 3.50. The Balaban J connectivity index is 2.97. The third-order valence-electron chi connectivity index (χ3n) is 1.63. The summed E-state index contributed by atoms with van der Waals surface area (Å²) in [5.74, 6) is -1.23. The molecule has 1 N–H and O–H groups in total. The van der Waals surface area contributed by atoms with Crippen LogP contribution in [0.5, 0.6) is 0 Å². The van der Waals surface area contributed by atoms with Gasteiger partial charge in [-0.1, -0.05) is 0 Å². The molecule has 0 spiro atoms. The lowest BCUT2D eigenvalue weighted by molar-refractivity contribution is -0.105. The zero-order chi connectivity index (χ0) is 11.3. The first-order valence-electron chi connectivity index (χ1n) is 4.35. The van der Waals surface area contributed by atoms with Gasteiger partial charge in [0.2, 0.25) is 6.41 Å². The molecule has 0 aliphatic carbocycles. The molecule has 0 aliphatic rings. The molecule has 0 fully saturated rings. The van der Waals surface area contributed by atoms with Gasteiger partial charge in [-0.15, -0.1) is 0 Å². The minimum Gasteiger partial charge on any atom is -0.462 e. The maximum absolute atomic E-state index is 13.0. The van der Waals surface area contributed by atoms with Crippen molar-refractivity contribution >= 4 is 18.1 Å². The Labute approximate surface area is 86.0 Å². The standard InChI is InChI=1S/C10H10FNO3/c1-2-15-10(14)7-3-8(11)5-9(4-7)12-6-13/h3-6H,2H2,1H3,(H,12,13). The fourth-order valence-electron chi connectivity index (χ4n) is 1.07. The molecule has 0 heterocycles. The van der Waals surface area contributed by atoms with Crippen molar-refractivity contribution in [2.45, 2.75) is 6.92 Å². The topological polar surface area (TPSA) is 55.4 Å². The zero-order valence-electron chi connectivity index (χ0n) is 8.12. The van der Waals surface area contributed by atoms with Crippen LogP contribution in [0.4, 0.5) is 10.1 Å². The molecule has 0 bridgehead atoms. The molecule has 1 amide bonds. The van der Waals surface area contributed by atoms with E-state index in [-0.39, 0.29) is 17.9 Å². The Hall–Kier alpha value is -1.91. The number of hydrogen-bond donors (Lipinski definition) is 1. The number of benzene rings is 1. The smallest absolute Gasteiger partial charge is 0.338 e.